The molecule has 1 aliphatic heterocycles. The molecule has 1 fully saturated rings. The average Bonchev–Trinajstić information content (AvgIpc) is 3.00. The zero-order valence-corrected chi connectivity index (χ0v) is 20.2. The van der Waals surface area contributed by atoms with Gasteiger partial charge >= 0.3 is 0 Å². The second-order valence-electron chi connectivity index (χ2n) is 8.49. The first kappa shape index (κ1) is 24.9. The molecule has 8 nitrogen and oxygen atoms in total. The predicted molar refractivity (Wildman–Crippen MR) is 128 cm³/mol. The maximum absolute atomic E-state index is 13.0. The Balaban J connectivity index is 1.56. The molecule has 0 bridgehead atoms. The Morgan fingerprint density at radius 1 is 0.970 bits per heavy atom. The second kappa shape index (κ2) is 10.9. The Morgan fingerprint density at radius 2 is 1.64 bits per heavy atom. The van der Waals surface area contributed by atoms with Crippen molar-refractivity contribution < 1.29 is 18.0 Å². The third-order valence-electron chi connectivity index (χ3n) is 5.61. The smallest absolute Gasteiger partial charge is 0.241 e. The minimum atomic E-state index is -3.87. The van der Waals surface area contributed by atoms with Gasteiger partial charge in [0.1, 0.15) is 0 Å². The molecule has 0 saturated carbocycles. The van der Waals surface area contributed by atoms with Gasteiger partial charge in [0, 0.05) is 45.3 Å². The standard InChI is InChI=1S/C24H32N4O4S/c1-18-5-7-21(8-6-18)17-27-13-4-14-28(16-15-27)24(30)19(2)26-33(31,32)23-11-9-22(10-12-23)25-20(3)29/h5-12,19,26H,4,13-17H2,1-3H3,(H,25,29)/t19-/m1/s1. The van der Waals surface area contributed by atoms with Crippen molar-refractivity contribution in [2.45, 2.75) is 44.7 Å². The van der Waals surface area contributed by atoms with Crippen LogP contribution < -0.4 is 10.0 Å². The van der Waals surface area contributed by atoms with E-state index in [0.717, 1.165) is 26.1 Å². The van der Waals surface area contributed by atoms with Gasteiger partial charge in [-0.05, 0) is 50.1 Å². The molecular formula is C24H32N4O4S. The van der Waals surface area contributed by atoms with Gasteiger partial charge in [0.15, 0.2) is 0 Å². The molecule has 2 aromatic carbocycles. The van der Waals surface area contributed by atoms with Crippen molar-refractivity contribution >= 4 is 27.5 Å². The first-order chi connectivity index (χ1) is 15.6. The van der Waals surface area contributed by atoms with Gasteiger partial charge in [-0.25, -0.2) is 8.42 Å². The molecule has 1 heterocycles. The molecule has 0 unspecified atom stereocenters. The molecule has 1 saturated heterocycles. The minimum Gasteiger partial charge on any atom is -0.340 e. The van der Waals surface area contributed by atoms with E-state index in [4.69, 9.17) is 0 Å². The monoisotopic (exact) mass is 472 g/mol. The molecule has 0 radical (unpaired) electrons. The van der Waals surface area contributed by atoms with Gasteiger partial charge in [-0.15, -0.1) is 0 Å². The number of carbonyl (C=O) groups excluding carboxylic acids is 2. The van der Waals surface area contributed by atoms with Crippen LogP contribution >= 0.6 is 0 Å². The quantitative estimate of drug-likeness (QED) is 0.645. The lowest BCUT2D eigenvalue weighted by molar-refractivity contribution is -0.132. The zero-order chi connectivity index (χ0) is 24.0. The van der Waals surface area contributed by atoms with Crippen LogP contribution in [0.5, 0.6) is 0 Å². The average molecular weight is 473 g/mol. The highest BCUT2D eigenvalue weighted by Gasteiger charge is 2.27. The number of carbonyl (C=O) groups is 2. The summed E-state index contributed by atoms with van der Waals surface area (Å²) < 4.78 is 28.0. The van der Waals surface area contributed by atoms with Gasteiger partial charge in [0.2, 0.25) is 21.8 Å². The van der Waals surface area contributed by atoms with Crippen LogP contribution in [0.3, 0.4) is 0 Å². The highest BCUT2D eigenvalue weighted by Crippen LogP contribution is 2.15. The third kappa shape index (κ3) is 7.12. The SMILES string of the molecule is CC(=O)Nc1ccc(S(=O)(=O)N[C@H](C)C(=O)N2CCCN(Cc3ccc(C)cc3)CC2)cc1. The normalized spacial score (nSPS) is 16.2. The van der Waals surface area contributed by atoms with E-state index in [1.54, 1.807) is 11.8 Å². The lowest BCUT2D eigenvalue weighted by Gasteiger charge is -2.25. The van der Waals surface area contributed by atoms with Crippen molar-refractivity contribution in [3.8, 4) is 0 Å². The number of hydrogen-bond acceptors (Lipinski definition) is 5. The number of nitrogens with zero attached hydrogens (tertiary/aromatic N) is 2. The van der Waals surface area contributed by atoms with E-state index >= 15 is 0 Å². The van der Waals surface area contributed by atoms with E-state index in [1.807, 2.05) is 0 Å². The number of sulfonamides is 1. The first-order valence-corrected chi connectivity index (χ1v) is 12.6. The minimum absolute atomic E-state index is 0.0383. The van der Waals surface area contributed by atoms with Crippen molar-refractivity contribution in [1.82, 2.24) is 14.5 Å². The van der Waals surface area contributed by atoms with Crippen molar-refractivity contribution in [3.05, 3.63) is 59.7 Å². The highest BCUT2D eigenvalue weighted by atomic mass is 32.2. The van der Waals surface area contributed by atoms with Crippen molar-refractivity contribution in [2.24, 2.45) is 0 Å². The lowest BCUT2D eigenvalue weighted by atomic mass is 10.1. The maximum atomic E-state index is 13.0. The van der Waals surface area contributed by atoms with Crippen LogP contribution in [0.25, 0.3) is 0 Å². The van der Waals surface area contributed by atoms with Crippen LogP contribution in [0.15, 0.2) is 53.4 Å². The number of aryl methyl sites for hydroxylation is 1. The van der Waals surface area contributed by atoms with Crippen LogP contribution in [-0.4, -0.2) is 62.3 Å². The van der Waals surface area contributed by atoms with E-state index in [-0.39, 0.29) is 16.7 Å². The molecule has 3 rings (SSSR count). The van der Waals surface area contributed by atoms with E-state index in [9.17, 15) is 18.0 Å². The molecular weight excluding hydrogens is 440 g/mol. The number of rotatable bonds is 7. The molecule has 1 atom stereocenters. The fourth-order valence-corrected chi connectivity index (χ4v) is 5.04. The Hall–Kier alpha value is -2.75. The summed E-state index contributed by atoms with van der Waals surface area (Å²) in [5.41, 5.74) is 2.97. The Kier molecular flexibility index (Phi) is 8.23. The molecule has 9 heteroatoms. The fraction of sp³-hybridized carbons (Fsp3) is 0.417. The molecule has 2 amide bonds. The van der Waals surface area contributed by atoms with E-state index < -0.39 is 16.1 Å². The summed E-state index contributed by atoms with van der Waals surface area (Å²) in [4.78, 5) is 28.2. The summed E-state index contributed by atoms with van der Waals surface area (Å²) in [6, 6.07) is 13.4. The molecule has 1 aliphatic rings. The van der Waals surface area contributed by atoms with Gasteiger partial charge in [-0.3, -0.25) is 14.5 Å². The molecule has 2 aromatic rings. The van der Waals surface area contributed by atoms with E-state index in [2.05, 4.69) is 46.1 Å². The number of nitrogens with one attached hydrogen (secondary N) is 2. The van der Waals surface area contributed by atoms with Crippen LogP contribution in [-0.2, 0) is 26.2 Å². The predicted octanol–water partition coefficient (Wildman–Crippen LogP) is 2.35. The molecule has 33 heavy (non-hydrogen) atoms. The molecule has 2 N–H and O–H groups in total. The van der Waals surface area contributed by atoms with Gasteiger partial charge in [0.25, 0.3) is 0 Å². The van der Waals surface area contributed by atoms with Crippen LogP contribution in [0.1, 0.15) is 31.4 Å². The number of amides is 2. The lowest BCUT2D eigenvalue weighted by Crippen LogP contribution is -2.47. The summed E-state index contributed by atoms with van der Waals surface area (Å²) in [7, 11) is -3.87. The molecule has 0 aliphatic carbocycles. The Morgan fingerprint density at radius 3 is 2.27 bits per heavy atom. The number of anilines is 1. The summed E-state index contributed by atoms with van der Waals surface area (Å²) in [5.74, 6) is -0.469. The fourth-order valence-electron chi connectivity index (χ4n) is 3.85. The number of hydrogen-bond donors (Lipinski definition) is 2. The van der Waals surface area contributed by atoms with Gasteiger partial charge in [-0.2, -0.15) is 4.72 Å². The van der Waals surface area contributed by atoms with Crippen LogP contribution in [0.4, 0.5) is 5.69 Å². The van der Waals surface area contributed by atoms with E-state index in [1.165, 1.54) is 42.3 Å². The van der Waals surface area contributed by atoms with Crippen molar-refractivity contribution in [3.63, 3.8) is 0 Å². The summed E-state index contributed by atoms with van der Waals surface area (Å²) in [6.07, 6.45) is 0.835. The number of benzene rings is 2. The summed E-state index contributed by atoms with van der Waals surface area (Å²) in [5, 5.41) is 2.59. The third-order valence-corrected chi connectivity index (χ3v) is 7.17. The molecule has 178 valence electrons. The Bertz CT molecular complexity index is 1070. The Labute approximate surface area is 196 Å². The zero-order valence-electron chi connectivity index (χ0n) is 19.4. The topological polar surface area (TPSA) is 98.8 Å². The van der Waals surface area contributed by atoms with Crippen molar-refractivity contribution in [1.29, 1.82) is 0 Å². The highest BCUT2D eigenvalue weighted by molar-refractivity contribution is 7.89. The van der Waals surface area contributed by atoms with Crippen LogP contribution in [0.2, 0.25) is 0 Å². The van der Waals surface area contributed by atoms with Gasteiger partial charge in [-0.1, -0.05) is 29.8 Å². The van der Waals surface area contributed by atoms with Crippen molar-refractivity contribution in [2.75, 3.05) is 31.5 Å². The van der Waals surface area contributed by atoms with E-state index in [0.29, 0.717) is 18.8 Å². The second-order valence-corrected chi connectivity index (χ2v) is 10.2. The first-order valence-electron chi connectivity index (χ1n) is 11.1. The van der Waals surface area contributed by atoms with Gasteiger partial charge in [0.05, 0.1) is 10.9 Å². The van der Waals surface area contributed by atoms with Gasteiger partial charge < -0.3 is 10.2 Å². The molecule has 0 spiro atoms. The van der Waals surface area contributed by atoms with Crippen LogP contribution in [0, 0.1) is 6.92 Å². The summed E-state index contributed by atoms with van der Waals surface area (Å²) in [6.45, 7) is 8.63. The molecule has 0 aromatic heterocycles. The maximum Gasteiger partial charge on any atom is 0.241 e. The largest absolute Gasteiger partial charge is 0.340 e. The summed E-state index contributed by atoms with van der Waals surface area (Å²) >= 11 is 0.